The molecule has 2 rings (SSSR count). The first-order chi connectivity index (χ1) is 7.79. The van der Waals surface area contributed by atoms with Gasteiger partial charge >= 0.3 is 0 Å². The molecule has 1 aromatic heterocycles. The van der Waals surface area contributed by atoms with E-state index in [1.165, 1.54) is 6.21 Å². The second-order valence-electron chi connectivity index (χ2n) is 3.40. The summed E-state index contributed by atoms with van der Waals surface area (Å²) in [6, 6.07) is 3.67. The van der Waals surface area contributed by atoms with Gasteiger partial charge in [-0.25, -0.2) is 4.98 Å². The predicted molar refractivity (Wildman–Crippen MR) is 62.2 cm³/mol. The van der Waals surface area contributed by atoms with Gasteiger partial charge in [-0.2, -0.15) is 0 Å². The first kappa shape index (κ1) is 10.9. The SMILES string of the molecule is O/N=C/C1=NCCN1Cc1ccc(Cl)nc1. The quantitative estimate of drug-likeness (QED) is 0.375. The molecule has 0 unspecified atom stereocenters. The van der Waals surface area contributed by atoms with Gasteiger partial charge in [-0.15, -0.1) is 0 Å². The van der Waals surface area contributed by atoms with Crippen molar-refractivity contribution in [1.29, 1.82) is 0 Å². The van der Waals surface area contributed by atoms with Crippen molar-refractivity contribution in [2.45, 2.75) is 6.54 Å². The van der Waals surface area contributed by atoms with Crippen LogP contribution in [0.3, 0.4) is 0 Å². The Bertz CT molecular complexity index is 415. The number of halogens is 1. The average molecular weight is 239 g/mol. The number of nitrogens with zero attached hydrogens (tertiary/aromatic N) is 4. The zero-order valence-electron chi connectivity index (χ0n) is 8.54. The minimum absolute atomic E-state index is 0.482. The Hall–Kier alpha value is -1.62. The molecule has 0 spiro atoms. The van der Waals surface area contributed by atoms with Crippen LogP contribution in [0.15, 0.2) is 28.5 Å². The first-order valence-corrected chi connectivity index (χ1v) is 5.24. The molecule has 0 amide bonds. The highest BCUT2D eigenvalue weighted by Crippen LogP contribution is 2.10. The van der Waals surface area contributed by atoms with Crippen molar-refractivity contribution in [3.05, 3.63) is 29.0 Å². The van der Waals surface area contributed by atoms with E-state index in [0.717, 1.165) is 18.7 Å². The first-order valence-electron chi connectivity index (χ1n) is 4.87. The number of hydrogen-bond acceptors (Lipinski definition) is 5. The third kappa shape index (κ3) is 2.49. The Morgan fingerprint density at radius 3 is 3.12 bits per heavy atom. The molecule has 84 valence electrons. The second-order valence-corrected chi connectivity index (χ2v) is 3.78. The standard InChI is InChI=1S/C10H11ClN4O/c11-9-2-1-8(5-13-9)7-15-4-3-12-10(15)6-14-16/h1-2,5-6,16H,3-4,7H2/b14-6+. The highest BCUT2D eigenvalue weighted by molar-refractivity contribution is 6.29. The summed E-state index contributed by atoms with van der Waals surface area (Å²) in [7, 11) is 0. The van der Waals surface area contributed by atoms with E-state index in [4.69, 9.17) is 16.8 Å². The molecule has 2 heterocycles. The Morgan fingerprint density at radius 2 is 2.44 bits per heavy atom. The van der Waals surface area contributed by atoms with Crippen molar-refractivity contribution in [3.63, 3.8) is 0 Å². The molecule has 0 aliphatic carbocycles. The van der Waals surface area contributed by atoms with E-state index in [1.807, 2.05) is 11.0 Å². The highest BCUT2D eigenvalue weighted by atomic mass is 35.5. The molecule has 0 bridgehead atoms. The van der Waals surface area contributed by atoms with Crippen LogP contribution in [0.25, 0.3) is 0 Å². The molecule has 6 heteroatoms. The van der Waals surface area contributed by atoms with Crippen LogP contribution in [0.4, 0.5) is 0 Å². The molecule has 0 fully saturated rings. The van der Waals surface area contributed by atoms with Crippen molar-refractivity contribution in [3.8, 4) is 0 Å². The maximum atomic E-state index is 8.48. The second kappa shape index (κ2) is 4.94. The third-order valence-corrected chi connectivity index (χ3v) is 2.53. The van der Waals surface area contributed by atoms with E-state index < -0.39 is 0 Å². The Labute approximate surface area is 98.1 Å². The lowest BCUT2D eigenvalue weighted by atomic mass is 10.2. The van der Waals surface area contributed by atoms with Crippen LogP contribution in [-0.4, -0.2) is 40.2 Å². The molecule has 0 saturated heterocycles. The third-order valence-electron chi connectivity index (χ3n) is 2.30. The zero-order valence-corrected chi connectivity index (χ0v) is 9.30. The van der Waals surface area contributed by atoms with Gasteiger partial charge in [0.05, 0.1) is 6.54 Å². The lowest BCUT2D eigenvalue weighted by Crippen LogP contribution is -2.28. The fraction of sp³-hybridized carbons (Fsp3) is 0.300. The van der Waals surface area contributed by atoms with E-state index >= 15 is 0 Å². The molecule has 1 aliphatic heterocycles. The van der Waals surface area contributed by atoms with E-state index in [0.29, 0.717) is 17.5 Å². The number of hydrogen-bond donors (Lipinski definition) is 1. The molecule has 0 saturated carbocycles. The lowest BCUT2D eigenvalue weighted by Gasteiger charge is -2.17. The zero-order chi connectivity index (χ0) is 11.4. The predicted octanol–water partition coefficient (Wildman–Crippen LogP) is 1.41. The van der Waals surface area contributed by atoms with E-state index in [-0.39, 0.29) is 0 Å². The highest BCUT2D eigenvalue weighted by Gasteiger charge is 2.15. The summed E-state index contributed by atoms with van der Waals surface area (Å²) in [4.78, 5) is 10.2. The van der Waals surface area contributed by atoms with Crippen LogP contribution in [0.1, 0.15) is 5.56 Å². The number of amidine groups is 1. The fourth-order valence-corrected chi connectivity index (χ4v) is 1.67. The van der Waals surface area contributed by atoms with Crippen LogP contribution in [0, 0.1) is 0 Å². The Balaban J connectivity index is 2.05. The molecule has 0 aromatic carbocycles. The van der Waals surface area contributed by atoms with Gasteiger partial charge < -0.3 is 10.1 Å². The summed E-state index contributed by atoms with van der Waals surface area (Å²) in [6.07, 6.45) is 3.07. The van der Waals surface area contributed by atoms with Gasteiger partial charge in [0, 0.05) is 19.3 Å². The largest absolute Gasteiger partial charge is 0.411 e. The summed E-state index contributed by atoms with van der Waals surface area (Å²) in [5, 5.41) is 12.0. The fourth-order valence-electron chi connectivity index (χ4n) is 1.55. The smallest absolute Gasteiger partial charge is 0.146 e. The maximum Gasteiger partial charge on any atom is 0.146 e. The molecule has 16 heavy (non-hydrogen) atoms. The van der Waals surface area contributed by atoms with E-state index in [1.54, 1.807) is 12.3 Å². The molecular weight excluding hydrogens is 228 g/mol. The summed E-state index contributed by atoms with van der Waals surface area (Å²) < 4.78 is 0. The molecule has 1 N–H and O–H groups in total. The number of aliphatic imine (C=N–C) groups is 1. The van der Waals surface area contributed by atoms with Gasteiger partial charge in [0.2, 0.25) is 0 Å². The van der Waals surface area contributed by atoms with Gasteiger partial charge in [0.15, 0.2) is 0 Å². The normalized spacial score (nSPS) is 15.8. The van der Waals surface area contributed by atoms with E-state index in [2.05, 4.69) is 15.1 Å². The van der Waals surface area contributed by atoms with Crippen LogP contribution >= 0.6 is 11.6 Å². The molecule has 1 aliphatic rings. The molecule has 0 radical (unpaired) electrons. The minimum Gasteiger partial charge on any atom is -0.411 e. The van der Waals surface area contributed by atoms with Crippen LogP contribution in [-0.2, 0) is 6.54 Å². The van der Waals surface area contributed by atoms with Crippen molar-refractivity contribution in [2.24, 2.45) is 10.1 Å². The van der Waals surface area contributed by atoms with E-state index in [9.17, 15) is 0 Å². The van der Waals surface area contributed by atoms with Crippen molar-refractivity contribution in [1.82, 2.24) is 9.88 Å². The Morgan fingerprint density at radius 1 is 1.56 bits per heavy atom. The summed E-state index contributed by atoms with van der Waals surface area (Å²) in [5.41, 5.74) is 1.05. The van der Waals surface area contributed by atoms with Crippen molar-refractivity contribution >= 4 is 23.7 Å². The monoisotopic (exact) mass is 238 g/mol. The van der Waals surface area contributed by atoms with Gasteiger partial charge in [0.1, 0.15) is 17.2 Å². The number of pyridine rings is 1. The molecule has 5 nitrogen and oxygen atoms in total. The number of aromatic nitrogens is 1. The summed E-state index contributed by atoms with van der Waals surface area (Å²) in [6.45, 7) is 2.24. The van der Waals surface area contributed by atoms with Crippen LogP contribution in [0.5, 0.6) is 0 Å². The molecule has 0 atom stereocenters. The van der Waals surface area contributed by atoms with Gasteiger partial charge in [0.25, 0.3) is 0 Å². The van der Waals surface area contributed by atoms with Crippen LogP contribution in [0.2, 0.25) is 5.15 Å². The average Bonchev–Trinajstić information content (AvgIpc) is 2.70. The summed E-state index contributed by atoms with van der Waals surface area (Å²) >= 11 is 5.70. The van der Waals surface area contributed by atoms with Crippen LogP contribution < -0.4 is 0 Å². The van der Waals surface area contributed by atoms with Crippen molar-refractivity contribution < 1.29 is 5.21 Å². The topological polar surface area (TPSA) is 61.1 Å². The molecule has 1 aromatic rings. The summed E-state index contributed by atoms with van der Waals surface area (Å²) in [5.74, 6) is 0.692. The maximum absolute atomic E-state index is 8.48. The van der Waals surface area contributed by atoms with Crippen molar-refractivity contribution in [2.75, 3.05) is 13.1 Å². The van der Waals surface area contributed by atoms with Gasteiger partial charge in [-0.05, 0) is 11.6 Å². The minimum atomic E-state index is 0.482. The lowest BCUT2D eigenvalue weighted by molar-refractivity contribution is 0.321. The van der Waals surface area contributed by atoms with Gasteiger partial charge in [-0.1, -0.05) is 22.8 Å². The molecular formula is C10H11ClN4O. The number of oxime groups is 1. The Kier molecular flexibility index (Phi) is 3.36. The van der Waals surface area contributed by atoms with Gasteiger partial charge in [-0.3, -0.25) is 4.99 Å². The number of rotatable bonds is 3.